The van der Waals surface area contributed by atoms with E-state index in [1.807, 2.05) is 34.6 Å². The van der Waals surface area contributed by atoms with Crippen molar-refractivity contribution in [2.24, 2.45) is 11.8 Å². The molecule has 0 aromatic heterocycles. The number of hydrogen-bond acceptors (Lipinski definition) is 11. The van der Waals surface area contributed by atoms with E-state index in [0.29, 0.717) is 12.5 Å². The Balaban J connectivity index is -0.000000726. The van der Waals surface area contributed by atoms with Crippen LogP contribution in [0, 0.1) is 11.8 Å². The Bertz CT molecular complexity index is 963. The van der Waals surface area contributed by atoms with E-state index in [-0.39, 0.29) is 19.9 Å². The van der Waals surface area contributed by atoms with E-state index in [4.69, 9.17) is 58.5 Å². The fourth-order valence-electron chi connectivity index (χ4n) is 5.11. The molecule has 4 unspecified atom stereocenters. The number of rotatable bonds is 11. The van der Waals surface area contributed by atoms with Gasteiger partial charge >= 0.3 is 23.8 Å². The average Bonchev–Trinajstić information content (AvgIpc) is 3.01. The van der Waals surface area contributed by atoms with Gasteiger partial charge in [0.1, 0.15) is 17.3 Å². The van der Waals surface area contributed by atoms with E-state index >= 15 is 0 Å². The second-order valence-corrected chi connectivity index (χ2v) is 15.9. The standard InChI is InChI=1S/C16H28ClNO5.C13H25NO3.C4H10O.C3H4Cl2O2.CH4/c1-11(17)21-15(20)22-13(12-8-6-5-7-9-12)10-18-14(19)23-16(2,3)4;1-13(2,3)17-12(16)14-9-11(15)10-7-5-4-6-8-10;1-3-5-4-2;1-2(4)7-3(5)6;/h11-13H,5-10H2,1-4H3,(H,18,19);10-11,15H,4-9H2,1-3H3,(H,14,16);3-4H2,1-2H3;2H,1H3;1H4. The Morgan fingerprint density at radius 2 is 1.08 bits per heavy atom. The normalized spacial score (nSPS) is 16.9. The van der Waals surface area contributed by atoms with E-state index in [1.54, 1.807) is 20.8 Å². The van der Waals surface area contributed by atoms with Crippen LogP contribution < -0.4 is 10.6 Å². The molecule has 3 N–H and O–H groups in total. The fourth-order valence-corrected chi connectivity index (χ4v) is 5.44. The zero-order valence-corrected chi connectivity index (χ0v) is 35.3. The van der Waals surface area contributed by atoms with Gasteiger partial charge in [0.2, 0.25) is 0 Å². The number of amides is 2. The number of carbonyl (C=O) groups excluding carboxylic acids is 4. The van der Waals surface area contributed by atoms with Crippen molar-refractivity contribution in [3.8, 4) is 0 Å². The first-order valence-corrected chi connectivity index (χ1v) is 19.6. The Kier molecular flexibility index (Phi) is 32.7. The third kappa shape index (κ3) is 36.8. The van der Waals surface area contributed by atoms with Crippen LogP contribution in [0.5, 0.6) is 0 Å². The highest BCUT2D eigenvalue weighted by atomic mass is 35.5. The van der Waals surface area contributed by atoms with Crippen molar-refractivity contribution in [1.29, 1.82) is 0 Å². The number of carbonyl (C=O) groups is 4. The number of halogens is 3. The molecule has 16 heteroatoms. The highest BCUT2D eigenvalue weighted by molar-refractivity contribution is 6.61. The van der Waals surface area contributed by atoms with Gasteiger partial charge in [-0.05, 0) is 107 Å². The molecule has 2 rings (SSSR count). The summed E-state index contributed by atoms with van der Waals surface area (Å²) in [5.41, 5.74) is -3.32. The van der Waals surface area contributed by atoms with Crippen LogP contribution >= 0.6 is 34.8 Å². The monoisotopic (exact) mass is 824 g/mol. The minimum Gasteiger partial charge on any atom is -0.444 e. The summed E-state index contributed by atoms with van der Waals surface area (Å²) in [6, 6.07) is 0. The molecule has 2 aliphatic carbocycles. The summed E-state index contributed by atoms with van der Waals surface area (Å²) in [6.45, 7) is 20.0. The van der Waals surface area contributed by atoms with Crippen LogP contribution in [-0.2, 0) is 28.4 Å². The van der Waals surface area contributed by atoms with Gasteiger partial charge in [-0.15, -0.1) is 0 Å². The molecule has 53 heavy (non-hydrogen) atoms. The highest BCUT2D eigenvalue weighted by Gasteiger charge is 2.29. The van der Waals surface area contributed by atoms with E-state index in [2.05, 4.69) is 15.4 Å². The maximum atomic E-state index is 11.8. The number of ether oxygens (including phenoxy) is 6. The Hall–Kier alpha value is -1.93. The second-order valence-electron chi connectivity index (χ2n) is 14.4. The van der Waals surface area contributed by atoms with Crippen molar-refractivity contribution in [2.75, 3.05) is 26.3 Å². The molecular formula is C37H71Cl3N2O11. The van der Waals surface area contributed by atoms with E-state index in [9.17, 15) is 24.3 Å². The van der Waals surface area contributed by atoms with Crippen LogP contribution in [0.15, 0.2) is 0 Å². The highest BCUT2D eigenvalue weighted by Crippen LogP contribution is 2.28. The van der Waals surface area contributed by atoms with Crippen LogP contribution in [0.1, 0.15) is 141 Å². The van der Waals surface area contributed by atoms with Crippen molar-refractivity contribution in [3.63, 3.8) is 0 Å². The minimum absolute atomic E-state index is 0. The number of nitrogens with one attached hydrogen (secondary N) is 2. The number of alkyl carbamates (subject to hydrolysis) is 2. The molecular weight excluding hydrogens is 755 g/mol. The number of hydrogen-bond donors (Lipinski definition) is 3. The van der Waals surface area contributed by atoms with E-state index in [0.717, 1.165) is 51.7 Å². The summed E-state index contributed by atoms with van der Waals surface area (Å²) in [5.74, 6) is 0.538. The van der Waals surface area contributed by atoms with Gasteiger partial charge in [-0.25, -0.2) is 19.2 Å². The zero-order chi connectivity index (χ0) is 40.3. The summed E-state index contributed by atoms with van der Waals surface area (Å²) in [7, 11) is 0. The van der Waals surface area contributed by atoms with Gasteiger partial charge in [0.15, 0.2) is 11.1 Å². The van der Waals surface area contributed by atoms with Crippen molar-refractivity contribution in [2.45, 2.75) is 175 Å². The Morgan fingerprint density at radius 1 is 0.679 bits per heavy atom. The van der Waals surface area contributed by atoms with Gasteiger partial charge in [0, 0.05) is 31.4 Å². The zero-order valence-electron chi connectivity index (χ0n) is 33.0. The van der Waals surface area contributed by atoms with Gasteiger partial charge in [-0.3, -0.25) is 0 Å². The lowest BCUT2D eigenvalue weighted by Gasteiger charge is -2.30. The van der Waals surface area contributed by atoms with Crippen molar-refractivity contribution < 1.29 is 52.7 Å². The number of aliphatic hydroxyl groups excluding tert-OH is 1. The Morgan fingerprint density at radius 3 is 1.40 bits per heavy atom. The molecule has 0 radical (unpaired) electrons. The molecule has 2 amide bonds. The summed E-state index contributed by atoms with van der Waals surface area (Å²) >= 11 is 15.5. The molecule has 0 saturated heterocycles. The second kappa shape index (κ2) is 31.3. The van der Waals surface area contributed by atoms with Gasteiger partial charge in [0.25, 0.3) is 0 Å². The number of alkyl halides is 2. The molecule has 2 aliphatic rings. The summed E-state index contributed by atoms with van der Waals surface area (Å²) in [6.07, 6.45) is 8.41. The first kappa shape index (κ1) is 55.4. The van der Waals surface area contributed by atoms with Crippen LogP contribution in [0.3, 0.4) is 0 Å². The molecule has 2 saturated carbocycles. The van der Waals surface area contributed by atoms with Crippen LogP contribution in [-0.4, -0.2) is 89.7 Å². The molecule has 4 atom stereocenters. The van der Waals surface area contributed by atoms with Crippen LogP contribution in [0.4, 0.5) is 19.2 Å². The van der Waals surface area contributed by atoms with E-state index in [1.165, 1.54) is 39.5 Å². The molecule has 0 aromatic carbocycles. The fraction of sp³-hybridized carbons (Fsp3) is 0.892. The maximum Gasteiger partial charge on any atom is 0.510 e. The third-order valence-corrected chi connectivity index (χ3v) is 7.51. The largest absolute Gasteiger partial charge is 0.510 e. The molecule has 0 heterocycles. The van der Waals surface area contributed by atoms with Gasteiger partial charge < -0.3 is 44.2 Å². The van der Waals surface area contributed by atoms with Gasteiger partial charge in [-0.2, -0.15) is 0 Å². The predicted molar refractivity (Wildman–Crippen MR) is 211 cm³/mol. The molecule has 0 aromatic rings. The van der Waals surface area contributed by atoms with E-state index < -0.39 is 58.3 Å². The number of aliphatic hydroxyl groups is 1. The van der Waals surface area contributed by atoms with Crippen molar-refractivity contribution in [1.82, 2.24) is 10.6 Å². The Labute approximate surface area is 334 Å². The average molecular weight is 826 g/mol. The van der Waals surface area contributed by atoms with Crippen LogP contribution in [0.25, 0.3) is 0 Å². The van der Waals surface area contributed by atoms with Crippen molar-refractivity contribution in [3.05, 3.63) is 0 Å². The molecule has 316 valence electrons. The molecule has 13 nitrogen and oxygen atoms in total. The van der Waals surface area contributed by atoms with Gasteiger partial charge in [-0.1, -0.05) is 69.2 Å². The first-order valence-electron chi connectivity index (χ1n) is 18.3. The quantitative estimate of drug-likeness (QED) is 0.0785. The third-order valence-electron chi connectivity index (χ3n) is 7.24. The van der Waals surface area contributed by atoms with Gasteiger partial charge in [0.05, 0.1) is 12.6 Å². The summed E-state index contributed by atoms with van der Waals surface area (Å²) < 4.78 is 29.5. The molecule has 0 aliphatic heterocycles. The SMILES string of the molecule is C.CC(C)(C)OC(=O)NCC(O)C1CCCCC1.CC(Cl)OC(=O)Cl.CC(Cl)OC(=O)OC(CNC(=O)OC(C)(C)C)C1CCCCC1.CCOCC. The predicted octanol–water partition coefficient (Wildman–Crippen LogP) is 10.3. The maximum absolute atomic E-state index is 11.8. The first-order chi connectivity index (χ1) is 24.1. The molecule has 0 bridgehead atoms. The van der Waals surface area contributed by atoms with Crippen molar-refractivity contribution >= 4 is 58.6 Å². The smallest absolute Gasteiger partial charge is 0.444 e. The van der Waals surface area contributed by atoms with Crippen LogP contribution in [0.2, 0.25) is 0 Å². The lowest BCUT2D eigenvalue weighted by molar-refractivity contribution is -0.0102. The molecule has 2 fully saturated rings. The topological polar surface area (TPSA) is 168 Å². The molecule has 0 spiro atoms. The summed E-state index contributed by atoms with van der Waals surface area (Å²) in [5, 5.41) is 15.2. The summed E-state index contributed by atoms with van der Waals surface area (Å²) in [4.78, 5) is 44.6. The minimum atomic E-state index is -0.873. The lowest BCUT2D eigenvalue weighted by Crippen LogP contribution is -2.42. The lowest BCUT2D eigenvalue weighted by atomic mass is 9.85.